The van der Waals surface area contributed by atoms with Gasteiger partial charge in [-0.2, -0.15) is 0 Å². The van der Waals surface area contributed by atoms with E-state index in [1.165, 1.54) is 0 Å². The predicted molar refractivity (Wildman–Crippen MR) is 83.0 cm³/mol. The Morgan fingerprint density at radius 3 is 3.04 bits per heavy atom. The smallest absolute Gasteiger partial charge is 0.317 e. The number of hydrogen-bond donors (Lipinski definition) is 1. The van der Waals surface area contributed by atoms with E-state index in [0.29, 0.717) is 26.2 Å². The van der Waals surface area contributed by atoms with Gasteiger partial charge in [0.1, 0.15) is 12.4 Å². The van der Waals surface area contributed by atoms with Crippen LogP contribution < -0.4 is 5.32 Å². The van der Waals surface area contributed by atoms with Crippen molar-refractivity contribution in [2.45, 2.75) is 44.4 Å². The fourth-order valence-corrected chi connectivity index (χ4v) is 3.12. The first-order valence-corrected chi connectivity index (χ1v) is 8.25. The fourth-order valence-electron chi connectivity index (χ4n) is 3.12. The standard InChI is InChI=1S/C15H25N5O3/c1-3-19-11-17-18-13(19)12-9-20(7-8-23-12)14(21)16-10-15(22-2)5-4-6-15/h11-12H,3-10H2,1-2H3,(H,16,21)/t12-/m0/s1. The molecule has 0 unspecified atom stereocenters. The monoisotopic (exact) mass is 323 g/mol. The van der Waals surface area contributed by atoms with Gasteiger partial charge in [-0.1, -0.05) is 0 Å². The number of carbonyl (C=O) groups excluding carboxylic acids is 1. The third-order valence-corrected chi connectivity index (χ3v) is 4.89. The van der Waals surface area contributed by atoms with Crippen LogP contribution in [0.5, 0.6) is 0 Å². The van der Waals surface area contributed by atoms with Crippen LogP contribution >= 0.6 is 0 Å². The maximum absolute atomic E-state index is 12.4. The van der Waals surface area contributed by atoms with E-state index in [-0.39, 0.29) is 17.7 Å². The summed E-state index contributed by atoms with van der Waals surface area (Å²) in [4.78, 5) is 14.2. The van der Waals surface area contributed by atoms with E-state index in [1.54, 1.807) is 18.3 Å². The molecular weight excluding hydrogens is 298 g/mol. The topological polar surface area (TPSA) is 81.5 Å². The molecule has 1 saturated heterocycles. The van der Waals surface area contributed by atoms with Crippen molar-refractivity contribution in [1.82, 2.24) is 25.0 Å². The normalized spacial score (nSPS) is 23.4. The van der Waals surface area contributed by atoms with Crippen LogP contribution in [0.1, 0.15) is 38.1 Å². The van der Waals surface area contributed by atoms with Crippen LogP contribution in [0, 0.1) is 0 Å². The van der Waals surface area contributed by atoms with E-state index in [1.807, 2.05) is 11.5 Å². The Labute approximate surface area is 136 Å². The van der Waals surface area contributed by atoms with E-state index in [2.05, 4.69) is 15.5 Å². The number of ether oxygens (including phenoxy) is 2. The summed E-state index contributed by atoms with van der Waals surface area (Å²) >= 11 is 0. The second-order valence-electron chi connectivity index (χ2n) is 6.18. The molecule has 1 N–H and O–H groups in total. The highest BCUT2D eigenvalue weighted by molar-refractivity contribution is 5.74. The first-order valence-electron chi connectivity index (χ1n) is 8.25. The van der Waals surface area contributed by atoms with Crippen molar-refractivity contribution < 1.29 is 14.3 Å². The number of methoxy groups -OCH3 is 1. The van der Waals surface area contributed by atoms with Crippen molar-refractivity contribution in [3.8, 4) is 0 Å². The molecule has 1 aliphatic carbocycles. The maximum Gasteiger partial charge on any atom is 0.317 e. The summed E-state index contributed by atoms with van der Waals surface area (Å²) in [6, 6.07) is -0.0656. The molecule has 0 radical (unpaired) electrons. The fraction of sp³-hybridized carbons (Fsp3) is 0.800. The lowest BCUT2D eigenvalue weighted by atomic mass is 9.80. The van der Waals surface area contributed by atoms with Gasteiger partial charge in [0.05, 0.1) is 18.8 Å². The molecule has 0 aromatic carbocycles. The van der Waals surface area contributed by atoms with Gasteiger partial charge in [0, 0.05) is 26.7 Å². The molecule has 23 heavy (non-hydrogen) atoms. The molecule has 2 amide bonds. The summed E-state index contributed by atoms with van der Waals surface area (Å²) in [5.41, 5.74) is -0.163. The number of aryl methyl sites for hydroxylation is 1. The van der Waals surface area contributed by atoms with Gasteiger partial charge in [-0.05, 0) is 26.2 Å². The summed E-state index contributed by atoms with van der Waals surface area (Å²) < 4.78 is 13.3. The second kappa shape index (κ2) is 6.84. The molecule has 3 rings (SSSR count). The lowest BCUT2D eigenvalue weighted by Crippen LogP contribution is -2.54. The average molecular weight is 323 g/mol. The molecule has 8 nitrogen and oxygen atoms in total. The number of amides is 2. The van der Waals surface area contributed by atoms with Crippen molar-refractivity contribution in [3.63, 3.8) is 0 Å². The highest BCUT2D eigenvalue weighted by Crippen LogP contribution is 2.34. The van der Waals surface area contributed by atoms with Gasteiger partial charge in [0.2, 0.25) is 0 Å². The van der Waals surface area contributed by atoms with E-state index < -0.39 is 0 Å². The number of urea groups is 1. The highest BCUT2D eigenvalue weighted by atomic mass is 16.5. The molecule has 1 aromatic rings. The van der Waals surface area contributed by atoms with Crippen molar-refractivity contribution in [1.29, 1.82) is 0 Å². The van der Waals surface area contributed by atoms with Crippen LogP contribution in [-0.4, -0.2) is 64.6 Å². The largest absolute Gasteiger partial charge is 0.376 e. The first-order chi connectivity index (χ1) is 11.2. The molecule has 2 fully saturated rings. The quantitative estimate of drug-likeness (QED) is 0.872. The van der Waals surface area contributed by atoms with Gasteiger partial charge in [-0.3, -0.25) is 0 Å². The van der Waals surface area contributed by atoms with Gasteiger partial charge in [-0.15, -0.1) is 10.2 Å². The van der Waals surface area contributed by atoms with Crippen LogP contribution in [-0.2, 0) is 16.0 Å². The summed E-state index contributed by atoms with van der Waals surface area (Å²) in [5.74, 6) is 0.775. The zero-order chi connectivity index (χ0) is 16.3. The van der Waals surface area contributed by atoms with E-state index in [9.17, 15) is 4.79 Å². The van der Waals surface area contributed by atoms with Gasteiger partial charge < -0.3 is 24.3 Å². The molecule has 0 bridgehead atoms. The number of nitrogens with one attached hydrogen (secondary N) is 1. The number of aromatic nitrogens is 3. The minimum Gasteiger partial charge on any atom is -0.376 e. The maximum atomic E-state index is 12.4. The SMILES string of the molecule is CCn1cnnc1[C@@H]1CN(C(=O)NCC2(OC)CCC2)CCO1. The molecule has 0 spiro atoms. The molecule has 128 valence electrons. The number of carbonyl (C=O) groups is 1. The van der Waals surface area contributed by atoms with Crippen molar-refractivity contribution in [2.24, 2.45) is 0 Å². The Kier molecular flexibility index (Phi) is 4.82. The molecule has 2 heterocycles. The molecule has 8 heteroatoms. The molecule has 2 aliphatic rings. The van der Waals surface area contributed by atoms with E-state index in [0.717, 1.165) is 31.6 Å². The summed E-state index contributed by atoms with van der Waals surface area (Å²) in [7, 11) is 1.72. The Morgan fingerprint density at radius 2 is 2.39 bits per heavy atom. The first kappa shape index (κ1) is 16.2. The molecular formula is C15H25N5O3. The van der Waals surface area contributed by atoms with E-state index >= 15 is 0 Å². The van der Waals surface area contributed by atoms with E-state index in [4.69, 9.17) is 9.47 Å². The second-order valence-corrected chi connectivity index (χ2v) is 6.18. The van der Waals surface area contributed by atoms with Crippen LogP contribution in [0.2, 0.25) is 0 Å². The zero-order valence-electron chi connectivity index (χ0n) is 13.8. The van der Waals surface area contributed by atoms with Gasteiger partial charge in [0.15, 0.2) is 5.82 Å². The third-order valence-electron chi connectivity index (χ3n) is 4.89. The average Bonchev–Trinajstić information content (AvgIpc) is 3.03. The number of hydrogen-bond acceptors (Lipinski definition) is 5. The van der Waals surface area contributed by atoms with Crippen LogP contribution in [0.4, 0.5) is 4.79 Å². The Morgan fingerprint density at radius 1 is 1.57 bits per heavy atom. The van der Waals surface area contributed by atoms with Crippen LogP contribution in [0.15, 0.2) is 6.33 Å². The summed E-state index contributed by atoms with van der Waals surface area (Å²) in [6.07, 6.45) is 4.65. The molecule has 1 aliphatic heterocycles. The Bertz CT molecular complexity index is 537. The highest BCUT2D eigenvalue weighted by Gasteiger charge is 2.38. The third kappa shape index (κ3) is 3.32. The van der Waals surface area contributed by atoms with Crippen molar-refractivity contribution in [3.05, 3.63) is 12.2 Å². The minimum atomic E-state index is -0.225. The zero-order valence-corrected chi connectivity index (χ0v) is 13.8. The van der Waals surface area contributed by atoms with Crippen LogP contribution in [0.25, 0.3) is 0 Å². The van der Waals surface area contributed by atoms with Crippen molar-refractivity contribution in [2.75, 3.05) is 33.4 Å². The molecule has 1 atom stereocenters. The molecule has 1 aromatic heterocycles. The summed E-state index contributed by atoms with van der Waals surface area (Å²) in [6.45, 7) is 4.96. The lowest BCUT2D eigenvalue weighted by molar-refractivity contribution is -0.0690. The number of nitrogens with zero attached hydrogens (tertiary/aromatic N) is 4. The summed E-state index contributed by atoms with van der Waals surface area (Å²) in [5, 5.41) is 11.1. The number of rotatable bonds is 5. The van der Waals surface area contributed by atoms with Gasteiger partial charge in [-0.25, -0.2) is 4.79 Å². The predicted octanol–water partition coefficient (Wildman–Crippen LogP) is 0.950. The lowest BCUT2D eigenvalue weighted by Gasteiger charge is -2.41. The Balaban J connectivity index is 1.56. The minimum absolute atomic E-state index is 0.0656. The Hall–Kier alpha value is -1.67. The van der Waals surface area contributed by atoms with Gasteiger partial charge in [0.25, 0.3) is 0 Å². The molecule has 1 saturated carbocycles. The van der Waals surface area contributed by atoms with Gasteiger partial charge >= 0.3 is 6.03 Å². The number of morpholine rings is 1. The van der Waals surface area contributed by atoms with Crippen LogP contribution in [0.3, 0.4) is 0 Å². The van der Waals surface area contributed by atoms with Crippen molar-refractivity contribution >= 4 is 6.03 Å².